The number of pyridine rings is 4. The van der Waals surface area contributed by atoms with Gasteiger partial charge < -0.3 is 19.9 Å². The van der Waals surface area contributed by atoms with E-state index in [1.165, 1.54) is 45.1 Å². The van der Waals surface area contributed by atoms with E-state index in [4.69, 9.17) is 26.8 Å². The summed E-state index contributed by atoms with van der Waals surface area (Å²) in [6.45, 7) is 3.90. The maximum Gasteiger partial charge on any atom is 0.128 e. The largest absolute Gasteiger partial charge is 0.360 e. The van der Waals surface area contributed by atoms with Gasteiger partial charge in [0, 0.05) is 124 Å². The van der Waals surface area contributed by atoms with Gasteiger partial charge in [0.05, 0.1) is 87.9 Å². The second-order valence-corrected chi connectivity index (χ2v) is 23.7. The first-order valence-corrected chi connectivity index (χ1v) is 30.9. The van der Waals surface area contributed by atoms with Gasteiger partial charge in [0.15, 0.2) is 0 Å². The highest BCUT2D eigenvalue weighted by Gasteiger charge is 2.17. The van der Waals surface area contributed by atoms with Crippen LogP contribution in [0.4, 0.5) is 8.78 Å². The van der Waals surface area contributed by atoms with Crippen LogP contribution in [-0.4, -0.2) is 44.9 Å². The molecule has 0 unspecified atom stereocenters. The van der Waals surface area contributed by atoms with Crippen molar-refractivity contribution in [1.29, 1.82) is 10.5 Å². The molecule has 9 heterocycles. The standard InChI is InChI=1S/C21H15N3S.C18H12BrFN2.C18H10ClN3.C18H10FN3/c1-13-4-2-6-16-17(10-23-21(13)16)19-9-8-14-15(20-11-22-12-25-20)5-3-7-18(14)24-19;1-10-15(20)7-6-12-13(9-21-17(10)12)16-8-5-11-3-2-4-14(19)18(11)22-16;19-15-6-2-3-11-7-8-16(22-18(11)15)14-10-21-17-12(9-20)4-1-5-13(14)17;19-13-6-4-11-5-7-16(22-17(11)8-13)15-10-21-18-12(9-20)2-1-3-14(15)18/h2-12,23H,1H3;2-9,21H,1H3;2*1-8,10,21H. The van der Waals surface area contributed by atoms with E-state index < -0.39 is 0 Å². The van der Waals surface area contributed by atoms with Crippen molar-refractivity contribution in [2.45, 2.75) is 13.8 Å². The van der Waals surface area contributed by atoms with E-state index in [0.29, 0.717) is 27.2 Å². The van der Waals surface area contributed by atoms with Crippen LogP contribution >= 0.6 is 38.9 Å². The van der Waals surface area contributed by atoms with Gasteiger partial charge in [-0.3, -0.25) is 4.98 Å². The Morgan fingerprint density at radius 3 is 1.62 bits per heavy atom. The fraction of sp³-hybridized carbons (Fsp3) is 0.0267. The second-order valence-electron chi connectivity index (χ2n) is 21.6. The molecule has 9 aromatic heterocycles. The number of benzene rings is 8. The van der Waals surface area contributed by atoms with Gasteiger partial charge in [-0.15, -0.1) is 11.3 Å². The highest BCUT2D eigenvalue weighted by molar-refractivity contribution is 9.10. The van der Waals surface area contributed by atoms with E-state index >= 15 is 0 Å². The summed E-state index contributed by atoms with van der Waals surface area (Å²) < 4.78 is 28.0. The monoisotopic (exact) mass is 1290 g/mol. The average Bonchev–Trinajstić information content (AvgIpc) is 1.79. The number of thiazole rings is 1. The Morgan fingerprint density at radius 2 is 0.967 bits per heavy atom. The second kappa shape index (κ2) is 24.4. The molecule has 4 N–H and O–H groups in total. The van der Waals surface area contributed by atoms with Crippen LogP contribution in [0.25, 0.3) is 143 Å². The topological polar surface area (TPSA) is 175 Å². The van der Waals surface area contributed by atoms with E-state index in [2.05, 4.69) is 131 Å². The first-order chi connectivity index (χ1) is 44.5. The van der Waals surface area contributed by atoms with Gasteiger partial charge >= 0.3 is 0 Å². The number of aryl methyl sites for hydroxylation is 2. The molecule has 17 rings (SSSR count). The zero-order valence-corrected chi connectivity index (χ0v) is 51.6. The highest BCUT2D eigenvalue weighted by atomic mass is 79.9. The molecule has 17 aromatic rings. The van der Waals surface area contributed by atoms with Crippen molar-refractivity contribution < 1.29 is 8.78 Å². The maximum atomic E-state index is 13.7. The lowest BCUT2D eigenvalue weighted by molar-refractivity contribution is 0.620. The van der Waals surface area contributed by atoms with Crippen molar-refractivity contribution in [2.75, 3.05) is 0 Å². The quantitative estimate of drug-likeness (QED) is 0.133. The molecule has 0 aliphatic heterocycles. The number of aromatic amines is 4. The number of nitriles is 2. The predicted molar refractivity (Wildman–Crippen MR) is 369 cm³/mol. The molecule has 8 aromatic carbocycles. The van der Waals surface area contributed by atoms with Crippen molar-refractivity contribution >= 4 is 126 Å². The summed E-state index contributed by atoms with van der Waals surface area (Å²) in [5, 5.41) is 27.2. The maximum absolute atomic E-state index is 13.7. The molecular formula is C75H47BrClF2N11S. The normalized spacial score (nSPS) is 11.2. The van der Waals surface area contributed by atoms with E-state index in [1.54, 1.807) is 42.5 Å². The molecule has 16 heteroatoms. The van der Waals surface area contributed by atoms with Gasteiger partial charge in [-0.1, -0.05) is 109 Å². The van der Waals surface area contributed by atoms with Gasteiger partial charge in [0.2, 0.25) is 0 Å². The summed E-state index contributed by atoms with van der Waals surface area (Å²) in [7, 11) is 0. The fourth-order valence-electron chi connectivity index (χ4n) is 11.6. The third kappa shape index (κ3) is 11.0. The molecule has 11 nitrogen and oxygen atoms in total. The van der Waals surface area contributed by atoms with Gasteiger partial charge in [-0.2, -0.15) is 10.5 Å². The Hall–Kier alpha value is -11.2. The number of nitrogens with one attached hydrogen (secondary N) is 4. The molecule has 0 bridgehead atoms. The van der Waals surface area contributed by atoms with Crippen LogP contribution in [0.1, 0.15) is 22.3 Å². The van der Waals surface area contributed by atoms with Crippen molar-refractivity contribution in [3.8, 4) is 67.6 Å². The van der Waals surface area contributed by atoms with Crippen molar-refractivity contribution in [2.24, 2.45) is 0 Å². The first kappa shape index (κ1) is 57.5. The van der Waals surface area contributed by atoms with Crippen molar-refractivity contribution in [3.63, 3.8) is 0 Å². The van der Waals surface area contributed by atoms with E-state index in [-0.39, 0.29) is 11.6 Å². The minimum absolute atomic E-state index is 0.199. The Bertz CT molecular complexity index is 5760. The minimum atomic E-state index is -0.303. The SMILES string of the molecule is Cc1c(F)ccc2c(-c3ccc4cccc(Br)c4n3)c[nH]c12.Cc1cccc2c(-c3ccc4c(-c5cncs5)cccc4n3)c[nH]c12.N#Cc1cccc2c(-c3ccc4ccc(F)cc4n3)c[nH]c12.N#Cc1cccc2c(-c3ccc4cccc(Cl)c4n3)c[nH]c12. The fourth-order valence-corrected chi connectivity index (χ4v) is 13.0. The minimum Gasteiger partial charge on any atom is -0.360 e. The Labute approximate surface area is 536 Å². The number of para-hydroxylation sites is 5. The third-order valence-corrected chi connectivity index (χ3v) is 17.9. The van der Waals surface area contributed by atoms with Crippen LogP contribution in [0.2, 0.25) is 5.02 Å². The summed E-state index contributed by atoms with van der Waals surface area (Å²) in [6, 6.07) is 64.0. The Balaban J connectivity index is 0.000000106. The lowest BCUT2D eigenvalue weighted by Crippen LogP contribution is -1.86. The Morgan fingerprint density at radius 1 is 0.462 bits per heavy atom. The third-order valence-electron chi connectivity index (χ3n) is 16.2. The molecule has 0 saturated heterocycles. The van der Waals surface area contributed by atoms with Crippen LogP contribution in [0.3, 0.4) is 0 Å². The molecule has 0 radical (unpaired) electrons. The van der Waals surface area contributed by atoms with Crippen molar-refractivity contribution in [3.05, 3.63) is 268 Å². The molecule has 0 aliphatic carbocycles. The molecule has 0 saturated carbocycles. The predicted octanol–water partition coefficient (Wildman–Crippen LogP) is 20.7. The van der Waals surface area contributed by atoms with E-state index in [0.717, 1.165) is 120 Å². The summed E-state index contributed by atoms with van der Waals surface area (Å²) in [5.41, 5.74) is 20.5. The average molecular weight is 1290 g/mol. The number of hydrogen-bond acceptors (Lipinski definition) is 8. The molecule has 91 heavy (non-hydrogen) atoms. The summed E-state index contributed by atoms with van der Waals surface area (Å²) >= 11 is 11.4. The van der Waals surface area contributed by atoms with E-state index in [1.807, 2.05) is 121 Å². The van der Waals surface area contributed by atoms with Crippen LogP contribution in [0.5, 0.6) is 0 Å². The van der Waals surface area contributed by atoms with Crippen LogP contribution in [0.15, 0.2) is 229 Å². The van der Waals surface area contributed by atoms with Gasteiger partial charge in [0.1, 0.15) is 23.8 Å². The number of halogens is 4. The molecular weight excluding hydrogens is 1240 g/mol. The van der Waals surface area contributed by atoms with Crippen LogP contribution in [0, 0.1) is 48.1 Å². The van der Waals surface area contributed by atoms with Gasteiger partial charge in [0.25, 0.3) is 0 Å². The van der Waals surface area contributed by atoms with Crippen LogP contribution in [-0.2, 0) is 0 Å². The molecule has 436 valence electrons. The van der Waals surface area contributed by atoms with Gasteiger partial charge in [-0.25, -0.2) is 28.7 Å². The number of H-pyrrole nitrogens is 4. The molecule has 0 spiro atoms. The zero-order chi connectivity index (χ0) is 62.3. The lowest BCUT2D eigenvalue weighted by atomic mass is 10.0. The molecule has 0 atom stereocenters. The molecule has 0 amide bonds. The summed E-state index contributed by atoms with van der Waals surface area (Å²) in [4.78, 5) is 37.1. The van der Waals surface area contributed by atoms with Crippen LogP contribution < -0.4 is 0 Å². The highest BCUT2D eigenvalue weighted by Crippen LogP contribution is 2.37. The zero-order valence-electron chi connectivity index (χ0n) is 48.4. The number of nitrogens with zero attached hydrogens (tertiary/aromatic N) is 7. The summed E-state index contributed by atoms with van der Waals surface area (Å²) in [5.74, 6) is -0.502. The lowest BCUT2D eigenvalue weighted by Gasteiger charge is -2.06. The number of fused-ring (bicyclic) bond motifs is 8. The number of rotatable bonds is 5. The summed E-state index contributed by atoms with van der Waals surface area (Å²) in [6.07, 6.45) is 9.58. The smallest absolute Gasteiger partial charge is 0.128 e. The number of aromatic nitrogens is 9. The first-order valence-electron chi connectivity index (χ1n) is 28.8. The van der Waals surface area contributed by atoms with E-state index in [9.17, 15) is 14.0 Å². The molecule has 0 fully saturated rings. The molecule has 0 aliphatic rings. The van der Waals surface area contributed by atoms with Crippen molar-refractivity contribution in [1.82, 2.24) is 44.9 Å². The Kier molecular flexibility index (Phi) is 15.4. The number of hydrogen-bond donors (Lipinski definition) is 4. The van der Waals surface area contributed by atoms with Gasteiger partial charge in [-0.05, 0) is 120 Å².